The minimum absolute atomic E-state index is 0.274. The summed E-state index contributed by atoms with van der Waals surface area (Å²) in [7, 11) is -1.41. The van der Waals surface area contributed by atoms with Gasteiger partial charge in [-0.2, -0.15) is 11.1 Å². The molecule has 0 saturated carbocycles. The molecule has 0 aliphatic carbocycles. The van der Waals surface area contributed by atoms with Crippen LogP contribution in [0.1, 0.15) is 52.9 Å². The fourth-order valence-electron chi connectivity index (χ4n) is 1.97. The second-order valence-electron chi connectivity index (χ2n) is 5.29. The Morgan fingerprint density at radius 3 is 2.16 bits per heavy atom. The van der Waals surface area contributed by atoms with Gasteiger partial charge in [-0.25, -0.2) is 4.79 Å². The average Bonchev–Trinajstić information content (AvgIpc) is 2.41. The van der Waals surface area contributed by atoms with Crippen molar-refractivity contribution in [1.29, 1.82) is 0 Å². The molecule has 4 heteroatoms. The lowest BCUT2D eigenvalue weighted by molar-refractivity contribution is -0.139. The largest absolute Gasteiger partial charge is 0.462 e. The molecule has 112 valence electrons. The second kappa shape index (κ2) is 10.5. The van der Waals surface area contributed by atoms with Crippen LogP contribution >= 0.6 is 11.1 Å². The monoisotopic (exact) mass is 304 g/mol. The molecule has 0 aliphatic rings. The van der Waals surface area contributed by atoms with Gasteiger partial charge in [-0.05, 0) is 31.5 Å². The first-order valence-corrected chi connectivity index (χ1v) is 11.1. The van der Waals surface area contributed by atoms with Gasteiger partial charge >= 0.3 is 5.97 Å². The lowest BCUT2D eigenvalue weighted by Gasteiger charge is -2.20. The number of carbonyl (C=O) groups excluding carboxylic acids is 1. The van der Waals surface area contributed by atoms with E-state index in [0.717, 1.165) is 12.8 Å². The van der Waals surface area contributed by atoms with Crippen LogP contribution in [0.3, 0.4) is 0 Å². The molecule has 0 fully saturated rings. The number of hydrogen-bond acceptors (Lipinski definition) is 2. The highest BCUT2D eigenvalue weighted by Crippen LogP contribution is 2.27. The lowest BCUT2D eigenvalue weighted by atomic mass is 10.2. The third-order valence-corrected chi connectivity index (χ3v) is 9.57. The minimum Gasteiger partial charge on any atom is -0.462 e. The highest BCUT2D eigenvalue weighted by Gasteiger charge is 2.24. The van der Waals surface area contributed by atoms with Crippen LogP contribution < -0.4 is 0 Å². The third kappa shape index (κ3) is 9.28. The average molecular weight is 305 g/mol. The molecule has 0 atom stereocenters. The molecule has 0 aromatic carbocycles. The summed E-state index contributed by atoms with van der Waals surface area (Å²) >= 11 is 6.61. The van der Waals surface area contributed by atoms with E-state index in [1.165, 1.54) is 37.4 Å². The molecule has 0 amide bonds. The maximum absolute atomic E-state index is 11.1. The first kappa shape index (κ1) is 18.7. The summed E-state index contributed by atoms with van der Waals surface area (Å²) in [5, 5.41) is 0. The Balaban J connectivity index is 3.42. The van der Waals surface area contributed by atoms with Gasteiger partial charge in [0.1, 0.15) is 0 Å². The van der Waals surface area contributed by atoms with Gasteiger partial charge in [-0.1, -0.05) is 46.1 Å². The molecule has 0 saturated heterocycles. The van der Waals surface area contributed by atoms with Crippen molar-refractivity contribution in [3.8, 4) is 0 Å². The molecule has 0 radical (unpaired) electrons. The number of halogens is 1. The van der Waals surface area contributed by atoms with E-state index in [2.05, 4.69) is 20.4 Å². The summed E-state index contributed by atoms with van der Waals surface area (Å²) in [4.78, 5) is 11.1. The zero-order valence-electron chi connectivity index (χ0n) is 12.8. The van der Waals surface area contributed by atoms with Crippen LogP contribution in [0.15, 0.2) is 12.2 Å². The molecule has 2 nitrogen and oxygen atoms in total. The fourth-order valence-corrected chi connectivity index (χ4v) is 4.46. The van der Waals surface area contributed by atoms with Crippen LogP contribution in [0.2, 0.25) is 18.1 Å². The summed E-state index contributed by atoms with van der Waals surface area (Å²) in [5.41, 5.74) is 0.475. The molecular formula is C15H29ClO2Si. The first-order chi connectivity index (χ1) is 8.95. The third-order valence-electron chi connectivity index (χ3n) is 3.62. The first-order valence-electron chi connectivity index (χ1n) is 7.46. The fraction of sp³-hybridized carbons (Fsp3) is 0.800. The van der Waals surface area contributed by atoms with Crippen LogP contribution in [-0.4, -0.2) is 20.0 Å². The van der Waals surface area contributed by atoms with Crippen molar-refractivity contribution in [1.82, 2.24) is 0 Å². The van der Waals surface area contributed by atoms with Gasteiger partial charge in [0.05, 0.1) is 6.61 Å². The van der Waals surface area contributed by atoms with Gasteiger partial charge in [-0.15, -0.1) is 0 Å². The summed E-state index contributed by atoms with van der Waals surface area (Å²) in [6.45, 7) is 10.2. The van der Waals surface area contributed by atoms with Crippen molar-refractivity contribution in [2.75, 3.05) is 6.61 Å². The Kier molecular flexibility index (Phi) is 10.3. The highest BCUT2D eigenvalue weighted by atomic mass is 35.6. The molecule has 0 bridgehead atoms. The molecule has 0 N–H and O–H groups in total. The molecule has 0 rings (SSSR count). The SMILES string of the molecule is C=C(C)C(=O)OCCCCCCC[Si](Cl)(CC)CC. The predicted molar refractivity (Wildman–Crippen MR) is 86.2 cm³/mol. The Morgan fingerprint density at radius 2 is 1.63 bits per heavy atom. The van der Waals surface area contributed by atoms with E-state index in [4.69, 9.17) is 15.8 Å². The van der Waals surface area contributed by atoms with Gasteiger partial charge in [-0.3, -0.25) is 0 Å². The molecule has 0 aromatic heterocycles. The molecule has 0 spiro atoms. The number of carbonyl (C=O) groups is 1. The van der Waals surface area contributed by atoms with Crippen LogP contribution in [0.25, 0.3) is 0 Å². The topological polar surface area (TPSA) is 26.3 Å². The quantitative estimate of drug-likeness (QED) is 0.171. The van der Waals surface area contributed by atoms with Gasteiger partial charge in [0.2, 0.25) is 0 Å². The van der Waals surface area contributed by atoms with E-state index in [1.807, 2.05) is 0 Å². The van der Waals surface area contributed by atoms with E-state index in [9.17, 15) is 4.79 Å². The molecule has 0 heterocycles. The number of esters is 1. The van der Waals surface area contributed by atoms with Crippen LogP contribution in [0.4, 0.5) is 0 Å². The predicted octanol–water partition coefficient (Wildman–Crippen LogP) is 5.28. The summed E-state index contributed by atoms with van der Waals surface area (Å²) in [6.07, 6.45) is 5.78. The Hall–Kier alpha value is -0.283. The molecule has 0 aromatic rings. The zero-order valence-corrected chi connectivity index (χ0v) is 14.5. The number of rotatable bonds is 11. The van der Waals surface area contributed by atoms with Crippen molar-refractivity contribution in [2.45, 2.75) is 71.0 Å². The molecular weight excluding hydrogens is 276 g/mol. The summed E-state index contributed by atoms with van der Waals surface area (Å²) < 4.78 is 5.05. The smallest absolute Gasteiger partial charge is 0.333 e. The van der Waals surface area contributed by atoms with E-state index in [0.29, 0.717) is 12.2 Å². The van der Waals surface area contributed by atoms with Gasteiger partial charge in [0.15, 0.2) is 7.38 Å². The summed E-state index contributed by atoms with van der Waals surface area (Å²) in [6, 6.07) is 3.61. The van der Waals surface area contributed by atoms with E-state index in [-0.39, 0.29) is 5.97 Å². The van der Waals surface area contributed by atoms with Crippen molar-refractivity contribution >= 4 is 24.4 Å². The normalized spacial score (nSPS) is 11.4. The zero-order chi connectivity index (χ0) is 14.7. The van der Waals surface area contributed by atoms with Crippen molar-refractivity contribution < 1.29 is 9.53 Å². The molecule has 19 heavy (non-hydrogen) atoms. The standard InChI is InChI=1S/C15H29ClO2Si/c1-5-19(16,6-2)13-11-9-7-8-10-12-18-15(17)14(3)4/h3,5-13H2,1-2,4H3. The second-order valence-corrected chi connectivity index (χ2v) is 11.9. The maximum atomic E-state index is 11.1. The molecule has 0 unspecified atom stereocenters. The Bertz CT molecular complexity index is 275. The number of hydrogen-bond donors (Lipinski definition) is 0. The number of ether oxygens (including phenoxy) is 1. The van der Waals surface area contributed by atoms with Crippen LogP contribution in [-0.2, 0) is 9.53 Å². The van der Waals surface area contributed by atoms with Crippen molar-refractivity contribution in [3.05, 3.63) is 12.2 Å². The highest BCUT2D eigenvalue weighted by molar-refractivity contribution is 7.20. The van der Waals surface area contributed by atoms with Gasteiger partial charge < -0.3 is 4.74 Å². The Labute approximate surface area is 124 Å². The lowest BCUT2D eigenvalue weighted by Crippen LogP contribution is -2.23. The van der Waals surface area contributed by atoms with Gasteiger partial charge in [0, 0.05) is 5.57 Å². The van der Waals surface area contributed by atoms with E-state index < -0.39 is 7.38 Å². The van der Waals surface area contributed by atoms with Crippen molar-refractivity contribution in [3.63, 3.8) is 0 Å². The Morgan fingerprint density at radius 1 is 1.11 bits per heavy atom. The van der Waals surface area contributed by atoms with Crippen molar-refractivity contribution in [2.24, 2.45) is 0 Å². The van der Waals surface area contributed by atoms with Crippen LogP contribution in [0, 0.1) is 0 Å². The number of unbranched alkanes of at least 4 members (excludes halogenated alkanes) is 4. The maximum Gasteiger partial charge on any atom is 0.333 e. The van der Waals surface area contributed by atoms with Crippen LogP contribution in [0.5, 0.6) is 0 Å². The minimum atomic E-state index is -1.41. The van der Waals surface area contributed by atoms with Gasteiger partial charge in [0.25, 0.3) is 0 Å². The van der Waals surface area contributed by atoms with E-state index in [1.54, 1.807) is 6.92 Å². The van der Waals surface area contributed by atoms with E-state index >= 15 is 0 Å². The molecule has 0 aliphatic heterocycles. The summed E-state index contributed by atoms with van der Waals surface area (Å²) in [5.74, 6) is -0.274.